The van der Waals surface area contributed by atoms with Gasteiger partial charge < -0.3 is 10.2 Å². The lowest BCUT2D eigenvalue weighted by atomic mass is 9.78. The summed E-state index contributed by atoms with van der Waals surface area (Å²) in [5.41, 5.74) is 1.15. The second-order valence-corrected chi connectivity index (χ2v) is 8.09. The molecule has 2 aliphatic heterocycles. The van der Waals surface area contributed by atoms with Crippen LogP contribution < -0.4 is 5.32 Å². The van der Waals surface area contributed by atoms with Crippen LogP contribution in [0.5, 0.6) is 0 Å². The smallest absolute Gasteiger partial charge is 0.293 e. The number of nitrogens with one attached hydrogen (secondary N) is 1. The molecule has 7 heteroatoms. The summed E-state index contributed by atoms with van der Waals surface area (Å²) < 4.78 is 1.73. The average molecular weight is 388 g/mol. The summed E-state index contributed by atoms with van der Waals surface area (Å²) in [5.74, 6) is 0.986. The van der Waals surface area contributed by atoms with E-state index in [-0.39, 0.29) is 11.7 Å². The SMILES string of the molecule is CCCc1nc(C(=O)N2CCC3(CCNC3)CC2)nn1-c1ccccc1Cl. The van der Waals surface area contributed by atoms with Crippen LogP contribution in [0.4, 0.5) is 0 Å². The minimum absolute atomic E-state index is 0.0704. The van der Waals surface area contributed by atoms with Crippen LogP contribution in [0.15, 0.2) is 24.3 Å². The fourth-order valence-corrected chi connectivity index (χ4v) is 4.40. The molecule has 0 atom stereocenters. The van der Waals surface area contributed by atoms with Crippen LogP contribution in [0, 0.1) is 5.41 Å². The third kappa shape index (κ3) is 3.60. The maximum atomic E-state index is 13.0. The molecule has 1 aromatic carbocycles. The summed E-state index contributed by atoms with van der Waals surface area (Å²) in [6.45, 7) is 5.83. The van der Waals surface area contributed by atoms with Crippen molar-refractivity contribution in [3.8, 4) is 5.69 Å². The van der Waals surface area contributed by atoms with Gasteiger partial charge in [-0.2, -0.15) is 0 Å². The van der Waals surface area contributed by atoms with Gasteiger partial charge in [-0.15, -0.1) is 5.10 Å². The number of benzene rings is 1. The third-order valence-electron chi connectivity index (χ3n) is 5.86. The van der Waals surface area contributed by atoms with Crippen molar-refractivity contribution in [2.24, 2.45) is 5.41 Å². The maximum absolute atomic E-state index is 13.0. The van der Waals surface area contributed by atoms with Gasteiger partial charge in [0.15, 0.2) is 0 Å². The van der Waals surface area contributed by atoms with Crippen molar-refractivity contribution in [2.75, 3.05) is 26.2 Å². The number of aromatic nitrogens is 3. The number of carbonyl (C=O) groups is 1. The standard InChI is InChI=1S/C20H26ClN5O/c1-2-5-17-23-18(24-26(17)16-7-4-3-6-15(16)21)19(27)25-12-9-20(10-13-25)8-11-22-14-20/h3-4,6-7,22H,2,5,8-14H2,1H3. The first-order chi connectivity index (χ1) is 13.1. The van der Waals surface area contributed by atoms with E-state index in [1.54, 1.807) is 4.68 Å². The highest BCUT2D eigenvalue weighted by molar-refractivity contribution is 6.32. The Balaban J connectivity index is 1.56. The Morgan fingerprint density at radius 1 is 1.26 bits per heavy atom. The van der Waals surface area contributed by atoms with Gasteiger partial charge in [-0.1, -0.05) is 30.7 Å². The van der Waals surface area contributed by atoms with Crippen LogP contribution in [0.1, 0.15) is 49.1 Å². The van der Waals surface area contributed by atoms with Gasteiger partial charge in [0.25, 0.3) is 5.91 Å². The second kappa shape index (κ2) is 7.60. The van der Waals surface area contributed by atoms with Crippen molar-refractivity contribution < 1.29 is 4.79 Å². The van der Waals surface area contributed by atoms with E-state index in [9.17, 15) is 4.79 Å². The van der Waals surface area contributed by atoms with Crippen LogP contribution >= 0.6 is 11.6 Å². The van der Waals surface area contributed by atoms with E-state index in [1.165, 1.54) is 6.42 Å². The zero-order valence-corrected chi connectivity index (χ0v) is 16.5. The van der Waals surface area contributed by atoms with Gasteiger partial charge in [0.2, 0.25) is 5.82 Å². The number of carbonyl (C=O) groups excluding carboxylic acids is 1. The fraction of sp³-hybridized carbons (Fsp3) is 0.550. The quantitative estimate of drug-likeness (QED) is 0.875. The first kappa shape index (κ1) is 18.4. The van der Waals surface area contributed by atoms with Crippen molar-refractivity contribution in [1.29, 1.82) is 0 Å². The molecule has 3 heterocycles. The molecule has 0 unspecified atom stereocenters. The van der Waals surface area contributed by atoms with Gasteiger partial charge in [-0.3, -0.25) is 4.79 Å². The molecule has 0 saturated carbocycles. The van der Waals surface area contributed by atoms with E-state index in [2.05, 4.69) is 22.3 Å². The number of aryl methyl sites for hydroxylation is 1. The molecule has 2 aliphatic rings. The van der Waals surface area contributed by atoms with Crippen molar-refractivity contribution in [1.82, 2.24) is 25.0 Å². The largest absolute Gasteiger partial charge is 0.336 e. The van der Waals surface area contributed by atoms with Gasteiger partial charge >= 0.3 is 0 Å². The van der Waals surface area contributed by atoms with Crippen molar-refractivity contribution in [2.45, 2.75) is 39.0 Å². The number of rotatable bonds is 4. The highest BCUT2D eigenvalue weighted by atomic mass is 35.5. The molecule has 2 saturated heterocycles. The summed E-state index contributed by atoms with van der Waals surface area (Å²) in [7, 11) is 0. The number of nitrogens with zero attached hydrogens (tertiary/aromatic N) is 4. The fourth-order valence-electron chi connectivity index (χ4n) is 4.18. The van der Waals surface area contributed by atoms with E-state index in [0.29, 0.717) is 10.4 Å². The summed E-state index contributed by atoms with van der Waals surface area (Å²) >= 11 is 6.35. The Morgan fingerprint density at radius 3 is 2.70 bits per heavy atom. The van der Waals surface area contributed by atoms with Gasteiger partial charge in [0.05, 0.1) is 10.7 Å². The van der Waals surface area contributed by atoms with Crippen LogP contribution in [-0.4, -0.2) is 51.8 Å². The zero-order valence-electron chi connectivity index (χ0n) is 15.7. The van der Waals surface area contributed by atoms with Crippen molar-refractivity contribution >= 4 is 17.5 Å². The molecule has 0 aliphatic carbocycles. The number of likely N-dealkylation sites (tertiary alicyclic amines) is 1. The van der Waals surface area contributed by atoms with Crippen molar-refractivity contribution in [3.05, 3.63) is 40.9 Å². The summed E-state index contributed by atoms with van der Waals surface area (Å²) in [5, 5.41) is 8.61. The molecule has 6 nitrogen and oxygen atoms in total. The lowest BCUT2D eigenvalue weighted by Gasteiger charge is -2.38. The van der Waals surface area contributed by atoms with E-state index in [1.807, 2.05) is 29.2 Å². The maximum Gasteiger partial charge on any atom is 0.293 e. The molecule has 4 rings (SSSR count). The van der Waals surface area contributed by atoms with E-state index in [4.69, 9.17) is 11.6 Å². The van der Waals surface area contributed by atoms with Crippen LogP contribution in [0.3, 0.4) is 0 Å². The summed E-state index contributed by atoms with van der Waals surface area (Å²) in [6, 6.07) is 7.53. The summed E-state index contributed by atoms with van der Waals surface area (Å²) in [6.07, 6.45) is 5.00. The number of hydrogen-bond acceptors (Lipinski definition) is 4. The molecular formula is C20H26ClN5O. The molecule has 27 heavy (non-hydrogen) atoms. The average Bonchev–Trinajstić information content (AvgIpc) is 3.30. The Morgan fingerprint density at radius 2 is 2.04 bits per heavy atom. The molecule has 1 N–H and O–H groups in total. The van der Waals surface area contributed by atoms with Crippen LogP contribution in [-0.2, 0) is 6.42 Å². The lowest BCUT2D eigenvalue weighted by Crippen LogP contribution is -2.44. The highest BCUT2D eigenvalue weighted by Crippen LogP contribution is 2.37. The molecule has 0 bridgehead atoms. The van der Waals surface area contributed by atoms with Gasteiger partial charge in [0, 0.05) is 26.1 Å². The van der Waals surface area contributed by atoms with Crippen LogP contribution in [0.2, 0.25) is 5.02 Å². The minimum atomic E-state index is -0.0704. The number of piperidine rings is 1. The van der Waals surface area contributed by atoms with E-state index < -0.39 is 0 Å². The second-order valence-electron chi connectivity index (χ2n) is 7.68. The van der Waals surface area contributed by atoms with Gasteiger partial charge in [-0.05, 0) is 49.8 Å². The Bertz CT molecular complexity index is 818. The zero-order chi connectivity index (χ0) is 18.9. The highest BCUT2D eigenvalue weighted by Gasteiger charge is 2.38. The predicted molar refractivity (Wildman–Crippen MR) is 105 cm³/mol. The molecule has 2 aromatic rings. The molecule has 1 amide bonds. The third-order valence-corrected chi connectivity index (χ3v) is 6.18. The topological polar surface area (TPSA) is 63.1 Å². The number of hydrogen-bond donors (Lipinski definition) is 1. The Kier molecular flexibility index (Phi) is 5.19. The Labute approximate surface area is 164 Å². The van der Waals surface area contributed by atoms with E-state index >= 15 is 0 Å². The number of para-hydroxylation sites is 1. The normalized spacial score (nSPS) is 19.0. The molecule has 144 valence electrons. The molecular weight excluding hydrogens is 362 g/mol. The Hall–Kier alpha value is -1.92. The molecule has 0 radical (unpaired) electrons. The van der Waals surface area contributed by atoms with Crippen LogP contribution in [0.25, 0.3) is 5.69 Å². The first-order valence-corrected chi connectivity index (χ1v) is 10.2. The predicted octanol–water partition coefficient (Wildman–Crippen LogP) is 3.09. The van der Waals surface area contributed by atoms with Crippen molar-refractivity contribution in [3.63, 3.8) is 0 Å². The molecule has 1 spiro atoms. The van der Waals surface area contributed by atoms with E-state index in [0.717, 1.165) is 63.4 Å². The number of amides is 1. The van der Waals surface area contributed by atoms with Gasteiger partial charge in [0.1, 0.15) is 5.82 Å². The lowest BCUT2D eigenvalue weighted by molar-refractivity contribution is 0.0596. The molecule has 2 fully saturated rings. The first-order valence-electron chi connectivity index (χ1n) is 9.83. The monoisotopic (exact) mass is 387 g/mol. The summed E-state index contributed by atoms with van der Waals surface area (Å²) in [4.78, 5) is 19.5. The number of halogens is 1. The molecule has 1 aromatic heterocycles. The minimum Gasteiger partial charge on any atom is -0.336 e. The van der Waals surface area contributed by atoms with Gasteiger partial charge in [-0.25, -0.2) is 9.67 Å².